The van der Waals surface area contributed by atoms with Crippen molar-refractivity contribution in [1.82, 2.24) is 10.2 Å². The van der Waals surface area contributed by atoms with Crippen LogP contribution in [0.2, 0.25) is 0 Å². The lowest BCUT2D eigenvalue weighted by Gasteiger charge is -2.33. The predicted molar refractivity (Wildman–Crippen MR) is 113 cm³/mol. The molecule has 0 amide bonds. The molecular weight excluding hydrogens is 376 g/mol. The van der Waals surface area contributed by atoms with E-state index in [0.717, 1.165) is 18.6 Å². The van der Waals surface area contributed by atoms with E-state index < -0.39 is 0 Å². The van der Waals surface area contributed by atoms with Crippen LogP contribution in [0, 0.1) is 11.3 Å². The molecule has 0 unspecified atom stereocenters. The van der Waals surface area contributed by atoms with E-state index in [2.05, 4.69) is 36.2 Å². The molecule has 152 valence electrons. The Bertz CT molecular complexity index is 1030. The van der Waals surface area contributed by atoms with E-state index >= 15 is 0 Å². The van der Waals surface area contributed by atoms with Gasteiger partial charge in [0.15, 0.2) is 5.69 Å². The van der Waals surface area contributed by atoms with Crippen LogP contribution in [0.3, 0.4) is 0 Å². The smallest absolute Gasteiger partial charge is 0.238 e. The second-order valence-electron chi connectivity index (χ2n) is 8.12. The van der Waals surface area contributed by atoms with Crippen molar-refractivity contribution >= 4 is 0 Å². The molecule has 1 aromatic heterocycles. The molecule has 3 aromatic rings. The normalized spacial score (nSPS) is 18.2. The van der Waals surface area contributed by atoms with Crippen molar-refractivity contribution in [2.75, 3.05) is 0 Å². The van der Waals surface area contributed by atoms with Crippen LogP contribution >= 0.6 is 0 Å². The minimum Gasteiger partial charge on any atom is -0.490 e. The van der Waals surface area contributed by atoms with Crippen molar-refractivity contribution in [2.45, 2.75) is 44.2 Å². The third kappa shape index (κ3) is 4.27. The third-order valence-electron chi connectivity index (χ3n) is 5.56. The van der Waals surface area contributed by atoms with Crippen LogP contribution < -0.4 is 15.2 Å². The molecule has 1 saturated carbocycles. The number of aromatic nitrogens is 2. The molecule has 0 aliphatic heterocycles. The van der Waals surface area contributed by atoms with Crippen LogP contribution in [0.15, 0.2) is 60.7 Å². The highest BCUT2D eigenvalue weighted by Crippen LogP contribution is 2.34. The van der Waals surface area contributed by atoms with Gasteiger partial charge in [-0.1, -0.05) is 38.1 Å². The summed E-state index contributed by atoms with van der Waals surface area (Å²) in [7, 11) is 0. The molecule has 0 atom stereocenters. The summed E-state index contributed by atoms with van der Waals surface area (Å²) < 4.78 is 11.7. The van der Waals surface area contributed by atoms with Gasteiger partial charge in [-0.15, -0.1) is 10.2 Å². The molecule has 6 nitrogen and oxygen atoms in total. The molecule has 0 spiro atoms. The molecule has 2 aromatic carbocycles. The topological polar surface area (TPSA) is 94.0 Å². The van der Waals surface area contributed by atoms with Gasteiger partial charge in [0.05, 0.1) is 0 Å². The summed E-state index contributed by atoms with van der Waals surface area (Å²) in [4.78, 5) is 0. The average molecular weight is 400 g/mol. The predicted octanol–water partition coefficient (Wildman–Crippen LogP) is 4.33. The second-order valence-corrected chi connectivity index (χ2v) is 8.12. The number of ether oxygens (including phenoxy) is 2. The summed E-state index contributed by atoms with van der Waals surface area (Å²) in [5, 5.41) is 16.5. The molecule has 0 radical (unpaired) electrons. The van der Waals surface area contributed by atoms with Gasteiger partial charge in [0.1, 0.15) is 23.7 Å². The van der Waals surface area contributed by atoms with Gasteiger partial charge in [-0.05, 0) is 54.3 Å². The van der Waals surface area contributed by atoms with Gasteiger partial charge in [-0.2, -0.15) is 5.26 Å². The Kier molecular flexibility index (Phi) is 5.39. The largest absolute Gasteiger partial charge is 0.490 e. The first-order valence-electron chi connectivity index (χ1n) is 9.99. The SMILES string of the molecule is CC(C)(c1ccc(Oc2ccc(C#N)nn2)cc1)c1ccc(OC2CC(N)C2)cc1. The van der Waals surface area contributed by atoms with Crippen molar-refractivity contribution in [3.05, 3.63) is 77.5 Å². The molecule has 6 heteroatoms. The average Bonchev–Trinajstić information content (AvgIpc) is 2.74. The highest BCUT2D eigenvalue weighted by molar-refractivity contribution is 5.42. The van der Waals surface area contributed by atoms with Crippen molar-refractivity contribution in [2.24, 2.45) is 5.73 Å². The first-order chi connectivity index (χ1) is 14.4. The zero-order valence-electron chi connectivity index (χ0n) is 17.1. The lowest BCUT2D eigenvalue weighted by molar-refractivity contribution is 0.101. The fourth-order valence-electron chi connectivity index (χ4n) is 3.51. The number of nitrogens with two attached hydrogens (primary N) is 1. The van der Waals surface area contributed by atoms with E-state index in [-0.39, 0.29) is 23.3 Å². The van der Waals surface area contributed by atoms with E-state index in [1.54, 1.807) is 12.1 Å². The molecule has 1 aliphatic carbocycles. The summed E-state index contributed by atoms with van der Waals surface area (Å²) in [6, 6.07) is 21.6. The Hall–Kier alpha value is -3.43. The summed E-state index contributed by atoms with van der Waals surface area (Å²) in [5.41, 5.74) is 8.27. The first kappa shape index (κ1) is 19.9. The van der Waals surface area contributed by atoms with Crippen molar-refractivity contribution in [1.29, 1.82) is 5.26 Å². The number of rotatable bonds is 6. The van der Waals surface area contributed by atoms with Crippen LogP contribution in [0.4, 0.5) is 0 Å². The number of hydrogen-bond donors (Lipinski definition) is 1. The molecule has 1 aliphatic rings. The van der Waals surface area contributed by atoms with E-state index in [4.69, 9.17) is 20.5 Å². The highest BCUT2D eigenvalue weighted by Gasteiger charge is 2.28. The van der Waals surface area contributed by atoms with Gasteiger partial charge in [0.25, 0.3) is 0 Å². The lowest BCUT2D eigenvalue weighted by Crippen LogP contribution is -2.43. The standard InChI is InChI=1S/C24H24N4O2/c1-24(2,16-3-8-20(9-4-16)29-22-13-18(26)14-22)17-5-10-21(11-6-17)30-23-12-7-19(15-25)27-28-23/h3-12,18,22H,13-14,26H2,1-2H3. The van der Waals surface area contributed by atoms with Gasteiger partial charge >= 0.3 is 0 Å². The Labute approximate surface area is 176 Å². The van der Waals surface area contributed by atoms with Crippen LogP contribution in [0.5, 0.6) is 17.4 Å². The Morgan fingerprint density at radius 2 is 1.50 bits per heavy atom. The fraction of sp³-hybridized carbons (Fsp3) is 0.292. The van der Waals surface area contributed by atoms with E-state index in [9.17, 15) is 0 Å². The zero-order chi connectivity index (χ0) is 21.1. The summed E-state index contributed by atoms with van der Waals surface area (Å²) in [5.74, 6) is 1.90. The minimum absolute atomic E-state index is 0.176. The summed E-state index contributed by atoms with van der Waals surface area (Å²) >= 11 is 0. The Balaban J connectivity index is 1.43. The number of nitriles is 1. The van der Waals surface area contributed by atoms with Crippen LogP contribution in [-0.2, 0) is 5.41 Å². The second kappa shape index (κ2) is 8.13. The van der Waals surface area contributed by atoms with Crippen LogP contribution in [-0.4, -0.2) is 22.3 Å². The fourth-order valence-corrected chi connectivity index (χ4v) is 3.51. The summed E-state index contributed by atoms with van der Waals surface area (Å²) in [6.45, 7) is 4.38. The van der Waals surface area contributed by atoms with E-state index in [1.807, 2.05) is 42.5 Å². The molecule has 2 N–H and O–H groups in total. The van der Waals surface area contributed by atoms with Crippen LogP contribution in [0.25, 0.3) is 0 Å². The highest BCUT2D eigenvalue weighted by atomic mass is 16.5. The summed E-state index contributed by atoms with van der Waals surface area (Å²) in [6.07, 6.45) is 2.10. The molecule has 1 heterocycles. The molecular formula is C24H24N4O2. The Morgan fingerprint density at radius 1 is 0.900 bits per heavy atom. The Morgan fingerprint density at radius 3 is 2.00 bits per heavy atom. The van der Waals surface area contributed by atoms with E-state index in [1.165, 1.54) is 11.1 Å². The number of hydrogen-bond acceptors (Lipinski definition) is 6. The zero-order valence-corrected chi connectivity index (χ0v) is 17.1. The molecule has 0 saturated heterocycles. The molecule has 1 fully saturated rings. The quantitative estimate of drug-likeness (QED) is 0.662. The van der Waals surface area contributed by atoms with Crippen molar-refractivity contribution < 1.29 is 9.47 Å². The number of benzene rings is 2. The van der Waals surface area contributed by atoms with Gasteiger partial charge in [0, 0.05) is 17.5 Å². The van der Waals surface area contributed by atoms with Crippen LogP contribution in [0.1, 0.15) is 43.5 Å². The maximum Gasteiger partial charge on any atom is 0.238 e. The monoisotopic (exact) mass is 400 g/mol. The molecule has 0 bridgehead atoms. The third-order valence-corrected chi connectivity index (χ3v) is 5.56. The maximum absolute atomic E-state index is 8.79. The van der Waals surface area contributed by atoms with Crippen molar-refractivity contribution in [3.8, 4) is 23.4 Å². The number of nitrogens with zero attached hydrogens (tertiary/aromatic N) is 3. The van der Waals surface area contributed by atoms with Gasteiger partial charge in [-0.3, -0.25) is 0 Å². The maximum atomic E-state index is 8.79. The molecule has 4 rings (SSSR count). The lowest BCUT2D eigenvalue weighted by atomic mass is 9.78. The van der Waals surface area contributed by atoms with Crippen molar-refractivity contribution in [3.63, 3.8) is 0 Å². The minimum atomic E-state index is -0.176. The van der Waals surface area contributed by atoms with E-state index in [0.29, 0.717) is 11.6 Å². The molecule has 30 heavy (non-hydrogen) atoms. The van der Waals surface area contributed by atoms with Gasteiger partial charge in [0.2, 0.25) is 5.88 Å². The van der Waals surface area contributed by atoms with Gasteiger partial charge < -0.3 is 15.2 Å². The van der Waals surface area contributed by atoms with Gasteiger partial charge in [-0.25, -0.2) is 0 Å². The first-order valence-corrected chi connectivity index (χ1v) is 9.99.